The van der Waals surface area contributed by atoms with Crippen LogP contribution in [0.5, 0.6) is 0 Å². The predicted molar refractivity (Wildman–Crippen MR) is 109 cm³/mol. The zero-order valence-electron chi connectivity index (χ0n) is 15.2. The average molecular weight is 412 g/mol. The van der Waals surface area contributed by atoms with Crippen molar-refractivity contribution in [2.75, 3.05) is 6.26 Å². The Morgan fingerprint density at radius 3 is 2.82 bits per heavy atom. The van der Waals surface area contributed by atoms with Crippen molar-refractivity contribution in [1.29, 1.82) is 0 Å². The molecular formula is C19H16N4O3S2. The van der Waals surface area contributed by atoms with E-state index in [0.717, 1.165) is 11.4 Å². The van der Waals surface area contributed by atoms with Gasteiger partial charge in [-0.2, -0.15) is 0 Å². The Kier molecular flexibility index (Phi) is 5.01. The van der Waals surface area contributed by atoms with Crippen molar-refractivity contribution in [2.24, 2.45) is 0 Å². The van der Waals surface area contributed by atoms with Crippen LogP contribution in [0, 0.1) is 6.92 Å². The van der Waals surface area contributed by atoms with Crippen molar-refractivity contribution in [3.8, 4) is 5.69 Å². The number of carbonyl (C=O) groups excluding carboxylic acids is 1. The van der Waals surface area contributed by atoms with Crippen molar-refractivity contribution >= 4 is 34.0 Å². The number of ether oxygens (including phenoxy) is 1. The van der Waals surface area contributed by atoms with Crippen LogP contribution in [0.4, 0.5) is 0 Å². The van der Waals surface area contributed by atoms with Gasteiger partial charge in [0.25, 0.3) is 5.56 Å². The summed E-state index contributed by atoms with van der Waals surface area (Å²) in [5, 5.41) is 2.55. The van der Waals surface area contributed by atoms with Gasteiger partial charge in [0.1, 0.15) is 6.61 Å². The quantitative estimate of drug-likeness (QED) is 0.370. The Labute approximate surface area is 168 Å². The van der Waals surface area contributed by atoms with Gasteiger partial charge in [-0.3, -0.25) is 13.8 Å². The molecule has 0 aliphatic heterocycles. The van der Waals surface area contributed by atoms with Crippen molar-refractivity contribution in [1.82, 2.24) is 18.9 Å². The highest BCUT2D eigenvalue weighted by molar-refractivity contribution is 7.98. The molecule has 28 heavy (non-hydrogen) atoms. The van der Waals surface area contributed by atoms with Crippen LogP contribution in [-0.4, -0.2) is 31.2 Å². The summed E-state index contributed by atoms with van der Waals surface area (Å²) in [6.45, 7) is 1.76. The van der Waals surface area contributed by atoms with Gasteiger partial charge in [-0.15, -0.1) is 11.3 Å². The number of esters is 1. The first-order chi connectivity index (χ1) is 13.6. The van der Waals surface area contributed by atoms with E-state index in [9.17, 15) is 9.59 Å². The van der Waals surface area contributed by atoms with E-state index in [1.54, 1.807) is 4.57 Å². The van der Waals surface area contributed by atoms with Gasteiger partial charge in [0, 0.05) is 22.8 Å². The molecule has 0 saturated carbocycles. The Morgan fingerprint density at radius 2 is 2.07 bits per heavy atom. The molecule has 0 amide bonds. The maximum Gasteiger partial charge on any atom is 0.357 e. The Morgan fingerprint density at radius 1 is 1.29 bits per heavy atom. The first-order valence-electron chi connectivity index (χ1n) is 8.39. The van der Waals surface area contributed by atoms with Crippen LogP contribution in [0.15, 0.2) is 57.9 Å². The molecular weight excluding hydrogens is 396 g/mol. The highest BCUT2D eigenvalue weighted by Crippen LogP contribution is 2.22. The van der Waals surface area contributed by atoms with Gasteiger partial charge in [-0.05, 0) is 25.3 Å². The van der Waals surface area contributed by atoms with E-state index in [2.05, 4.69) is 9.97 Å². The van der Waals surface area contributed by atoms with E-state index < -0.39 is 5.97 Å². The van der Waals surface area contributed by atoms with Crippen LogP contribution < -0.4 is 5.56 Å². The van der Waals surface area contributed by atoms with Crippen molar-refractivity contribution in [2.45, 2.75) is 18.7 Å². The summed E-state index contributed by atoms with van der Waals surface area (Å²) in [6.07, 6.45) is 3.39. The molecule has 7 nitrogen and oxygen atoms in total. The van der Waals surface area contributed by atoms with Crippen LogP contribution in [0.3, 0.4) is 0 Å². The molecule has 0 aliphatic rings. The van der Waals surface area contributed by atoms with E-state index in [0.29, 0.717) is 21.5 Å². The monoisotopic (exact) mass is 412 g/mol. The summed E-state index contributed by atoms with van der Waals surface area (Å²) in [5.41, 5.74) is 2.20. The van der Waals surface area contributed by atoms with E-state index in [1.165, 1.54) is 39.8 Å². The number of thiazole rings is 1. The number of thioether (sulfide) groups is 1. The second-order valence-corrected chi connectivity index (χ2v) is 7.57. The third-order valence-electron chi connectivity index (χ3n) is 4.12. The predicted octanol–water partition coefficient (Wildman–Crippen LogP) is 3.33. The average Bonchev–Trinajstić information content (AvgIpc) is 3.30. The fourth-order valence-corrected chi connectivity index (χ4v) is 4.27. The molecule has 0 radical (unpaired) electrons. The number of para-hydroxylation sites is 1. The van der Waals surface area contributed by atoms with Crippen molar-refractivity contribution in [3.05, 3.63) is 75.4 Å². The minimum atomic E-state index is -0.527. The number of hydrogen-bond donors (Lipinski definition) is 0. The number of rotatable bonds is 5. The Balaban J connectivity index is 1.60. The maximum absolute atomic E-state index is 12.7. The minimum absolute atomic E-state index is 0.0872. The number of nitrogens with zero attached hydrogens (tertiary/aromatic N) is 4. The van der Waals surface area contributed by atoms with Gasteiger partial charge in [0.2, 0.25) is 0 Å². The molecule has 3 heterocycles. The summed E-state index contributed by atoms with van der Waals surface area (Å²) in [6, 6.07) is 10.9. The maximum atomic E-state index is 12.7. The number of aryl methyl sites for hydroxylation is 1. The van der Waals surface area contributed by atoms with Gasteiger partial charge in [-0.25, -0.2) is 14.8 Å². The number of benzene rings is 1. The van der Waals surface area contributed by atoms with Crippen LogP contribution in [0.1, 0.15) is 21.9 Å². The molecule has 0 atom stereocenters. The van der Waals surface area contributed by atoms with Crippen LogP contribution >= 0.6 is 23.1 Å². The SMILES string of the molecule is CSc1ncc(C(=O)OCc2cc(=O)n3c(C)csc3n2)n1-c1ccccc1. The minimum Gasteiger partial charge on any atom is -0.454 e. The van der Waals surface area contributed by atoms with E-state index in [4.69, 9.17) is 4.74 Å². The summed E-state index contributed by atoms with van der Waals surface area (Å²) in [4.78, 5) is 34.2. The van der Waals surface area contributed by atoms with E-state index >= 15 is 0 Å². The van der Waals surface area contributed by atoms with E-state index in [1.807, 2.05) is 48.9 Å². The standard InChI is InChI=1S/C19H16N4O3S2/c1-12-11-28-19-21-13(8-16(24)22(12)19)10-26-17(25)15-9-20-18(27-2)23(15)14-6-4-3-5-7-14/h3-9,11H,10H2,1-2H3. The van der Waals surface area contributed by atoms with Crippen LogP contribution in [-0.2, 0) is 11.3 Å². The molecule has 0 N–H and O–H groups in total. The molecule has 4 aromatic rings. The molecule has 0 unspecified atom stereocenters. The molecule has 142 valence electrons. The molecule has 3 aromatic heterocycles. The molecule has 9 heteroatoms. The fourth-order valence-electron chi connectivity index (χ4n) is 2.84. The summed E-state index contributed by atoms with van der Waals surface area (Å²) in [7, 11) is 0. The van der Waals surface area contributed by atoms with Crippen LogP contribution in [0.2, 0.25) is 0 Å². The Bertz CT molecular complexity index is 1210. The molecule has 0 aliphatic carbocycles. The molecule has 1 aromatic carbocycles. The highest BCUT2D eigenvalue weighted by Gasteiger charge is 2.19. The molecule has 4 rings (SSSR count). The van der Waals surface area contributed by atoms with Gasteiger partial charge < -0.3 is 4.74 Å². The summed E-state index contributed by atoms with van der Waals surface area (Å²) < 4.78 is 8.71. The largest absolute Gasteiger partial charge is 0.454 e. The second kappa shape index (κ2) is 7.61. The molecule has 0 fully saturated rings. The van der Waals surface area contributed by atoms with Crippen molar-refractivity contribution in [3.63, 3.8) is 0 Å². The summed E-state index contributed by atoms with van der Waals surface area (Å²) in [5.74, 6) is -0.527. The number of carbonyl (C=O) groups is 1. The number of fused-ring (bicyclic) bond motifs is 1. The molecule has 0 spiro atoms. The zero-order chi connectivity index (χ0) is 19.7. The van der Waals surface area contributed by atoms with Gasteiger partial charge in [0.15, 0.2) is 15.8 Å². The lowest BCUT2D eigenvalue weighted by atomic mass is 10.3. The number of aromatic nitrogens is 4. The Hall–Kier alpha value is -2.91. The van der Waals surface area contributed by atoms with Gasteiger partial charge in [-0.1, -0.05) is 30.0 Å². The molecule has 0 bridgehead atoms. The highest BCUT2D eigenvalue weighted by atomic mass is 32.2. The van der Waals surface area contributed by atoms with Crippen LogP contribution in [0.25, 0.3) is 10.6 Å². The smallest absolute Gasteiger partial charge is 0.357 e. The normalized spacial score (nSPS) is 11.1. The fraction of sp³-hybridized carbons (Fsp3) is 0.158. The lowest BCUT2D eigenvalue weighted by Gasteiger charge is -2.10. The lowest BCUT2D eigenvalue weighted by molar-refractivity contribution is 0.0457. The zero-order valence-corrected chi connectivity index (χ0v) is 16.8. The number of hydrogen-bond acceptors (Lipinski definition) is 7. The van der Waals surface area contributed by atoms with Gasteiger partial charge >= 0.3 is 5.97 Å². The number of imidazole rings is 1. The lowest BCUT2D eigenvalue weighted by Crippen LogP contribution is -2.17. The molecule has 0 saturated heterocycles. The third-order valence-corrected chi connectivity index (χ3v) is 5.71. The second-order valence-electron chi connectivity index (χ2n) is 5.96. The first-order valence-corrected chi connectivity index (χ1v) is 10.5. The van der Waals surface area contributed by atoms with Gasteiger partial charge in [0.05, 0.1) is 11.9 Å². The third kappa shape index (κ3) is 3.34. The topological polar surface area (TPSA) is 78.5 Å². The van der Waals surface area contributed by atoms with Crippen molar-refractivity contribution < 1.29 is 9.53 Å². The van der Waals surface area contributed by atoms with E-state index in [-0.39, 0.29) is 12.2 Å². The summed E-state index contributed by atoms with van der Waals surface area (Å²) >= 11 is 2.81. The first kappa shape index (κ1) is 18.5.